The zero-order valence-corrected chi connectivity index (χ0v) is 17.9. The van der Waals surface area contributed by atoms with Gasteiger partial charge in [-0.1, -0.05) is 30.3 Å². The van der Waals surface area contributed by atoms with Gasteiger partial charge in [0.1, 0.15) is 18.5 Å². The number of carbonyl (C=O) groups excluding carboxylic acids is 1. The highest BCUT2D eigenvalue weighted by atomic mass is 32.2. The number of nitrogens with one attached hydrogen (secondary N) is 1. The number of carbonyl (C=O) groups is 1. The van der Waals surface area contributed by atoms with Gasteiger partial charge in [0, 0.05) is 13.1 Å². The van der Waals surface area contributed by atoms with E-state index < -0.39 is 27.8 Å². The molecule has 1 saturated heterocycles. The van der Waals surface area contributed by atoms with Crippen LogP contribution in [0.2, 0.25) is 0 Å². The molecule has 1 aliphatic rings. The summed E-state index contributed by atoms with van der Waals surface area (Å²) in [7, 11) is -3.87. The molecule has 2 aromatic carbocycles. The lowest BCUT2D eigenvalue weighted by Crippen LogP contribution is -2.40. The Morgan fingerprint density at radius 3 is 2.59 bits per heavy atom. The molecule has 0 bridgehead atoms. The Kier molecular flexibility index (Phi) is 6.58. The summed E-state index contributed by atoms with van der Waals surface area (Å²) >= 11 is 0. The standard InChI is InChI=1S/C21H22FN5O4S/c22-19-7-6-17(32(29,30)27-8-10-31-11-9-27)12-18(19)21(28)25-20(13-26-15-23-14-24-26)16-4-2-1-3-5-16/h1-7,12,14-15,20H,8-11,13H2,(H,25,28). The number of benzene rings is 2. The van der Waals surface area contributed by atoms with E-state index in [0.29, 0.717) is 0 Å². The molecular formula is C21H22FN5O4S. The Balaban J connectivity index is 1.60. The fourth-order valence-corrected chi connectivity index (χ4v) is 4.88. The summed E-state index contributed by atoms with van der Waals surface area (Å²) in [5, 5.41) is 6.85. The monoisotopic (exact) mass is 459 g/mol. The molecule has 1 unspecified atom stereocenters. The second-order valence-corrected chi connectivity index (χ2v) is 9.15. The Labute approximate surface area is 184 Å². The van der Waals surface area contributed by atoms with Crippen molar-refractivity contribution in [3.63, 3.8) is 0 Å². The lowest BCUT2D eigenvalue weighted by molar-refractivity contribution is 0.0730. The molecule has 1 fully saturated rings. The molecule has 32 heavy (non-hydrogen) atoms. The number of hydrogen-bond donors (Lipinski definition) is 1. The van der Waals surface area contributed by atoms with E-state index in [4.69, 9.17) is 4.74 Å². The second-order valence-electron chi connectivity index (χ2n) is 7.21. The van der Waals surface area contributed by atoms with Crippen molar-refractivity contribution in [2.24, 2.45) is 0 Å². The van der Waals surface area contributed by atoms with Crippen LogP contribution in [-0.2, 0) is 21.3 Å². The minimum atomic E-state index is -3.87. The van der Waals surface area contributed by atoms with Crippen LogP contribution in [0.4, 0.5) is 4.39 Å². The molecule has 11 heteroatoms. The second kappa shape index (κ2) is 9.55. The van der Waals surface area contributed by atoms with E-state index >= 15 is 0 Å². The Morgan fingerprint density at radius 2 is 1.91 bits per heavy atom. The average molecular weight is 460 g/mol. The van der Waals surface area contributed by atoms with Crippen LogP contribution in [0, 0.1) is 5.82 Å². The van der Waals surface area contributed by atoms with Gasteiger partial charge in [0.05, 0.1) is 36.3 Å². The fourth-order valence-electron chi connectivity index (χ4n) is 3.44. The third-order valence-electron chi connectivity index (χ3n) is 5.13. The molecule has 1 atom stereocenters. The van der Waals surface area contributed by atoms with Gasteiger partial charge in [0.2, 0.25) is 10.0 Å². The van der Waals surface area contributed by atoms with Crippen LogP contribution in [0.25, 0.3) is 0 Å². The molecule has 1 N–H and O–H groups in total. The number of halogens is 1. The Morgan fingerprint density at radius 1 is 1.16 bits per heavy atom. The zero-order valence-electron chi connectivity index (χ0n) is 17.1. The van der Waals surface area contributed by atoms with Crippen molar-refractivity contribution >= 4 is 15.9 Å². The molecule has 4 rings (SSSR count). The number of sulfonamides is 1. The summed E-state index contributed by atoms with van der Waals surface area (Å²) in [6.07, 6.45) is 2.89. The summed E-state index contributed by atoms with van der Waals surface area (Å²) in [6, 6.07) is 11.9. The maximum Gasteiger partial charge on any atom is 0.254 e. The van der Waals surface area contributed by atoms with Crippen LogP contribution < -0.4 is 5.32 Å². The van der Waals surface area contributed by atoms with E-state index in [-0.39, 0.29) is 43.3 Å². The van der Waals surface area contributed by atoms with E-state index in [0.717, 1.165) is 17.7 Å². The summed E-state index contributed by atoms with van der Waals surface area (Å²) in [5.74, 6) is -1.54. The topological polar surface area (TPSA) is 106 Å². The molecule has 0 saturated carbocycles. The molecule has 168 valence electrons. The number of ether oxygens (including phenoxy) is 1. The zero-order chi connectivity index (χ0) is 22.6. The van der Waals surface area contributed by atoms with Gasteiger partial charge >= 0.3 is 0 Å². The first-order valence-electron chi connectivity index (χ1n) is 10.0. The van der Waals surface area contributed by atoms with Crippen LogP contribution in [0.15, 0.2) is 66.1 Å². The van der Waals surface area contributed by atoms with Crippen molar-refractivity contribution < 1.29 is 22.3 Å². The molecular weight excluding hydrogens is 437 g/mol. The quantitative estimate of drug-likeness (QED) is 0.575. The van der Waals surface area contributed by atoms with Gasteiger partial charge in [0.25, 0.3) is 5.91 Å². The van der Waals surface area contributed by atoms with E-state index in [2.05, 4.69) is 15.4 Å². The molecule has 0 aliphatic carbocycles. The van der Waals surface area contributed by atoms with Crippen molar-refractivity contribution in [3.8, 4) is 0 Å². The number of hydrogen-bond acceptors (Lipinski definition) is 6. The van der Waals surface area contributed by atoms with Crippen molar-refractivity contribution in [1.29, 1.82) is 0 Å². The molecule has 1 amide bonds. The first-order valence-corrected chi connectivity index (χ1v) is 11.4. The minimum absolute atomic E-state index is 0.140. The molecule has 1 aliphatic heterocycles. The minimum Gasteiger partial charge on any atom is -0.379 e. The van der Waals surface area contributed by atoms with Crippen LogP contribution >= 0.6 is 0 Å². The van der Waals surface area contributed by atoms with Crippen molar-refractivity contribution in [2.75, 3.05) is 26.3 Å². The summed E-state index contributed by atoms with van der Waals surface area (Å²) in [6.45, 7) is 1.25. The predicted molar refractivity (Wildman–Crippen MR) is 113 cm³/mol. The van der Waals surface area contributed by atoms with Crippen LogP contribution in [-0.4, -0.2) is 59.7 Å². The van der Waals surface area contributed by atoms with Crippen molar-refractivity contribution in [2.45, 2.75) is 17.5 Å². The number of amides is 1. The van der Waals surface area contributed by atoms with Crippen LogP contribution in [0.3, 0.4) is 0 Å². The summed E-state index contributed by atoms with van der Waals surface area (Å²) in [4.78, 5) is 16.8. The summed E-state index contributed by atoms with van der Waals surface area (Å²) in [5.41, 5.74) is 0.438. The highest BCUT2D eigenvalue weighted by molar-refractivity contribution is 7.89. The van der Waals surface area contributed by atoms with Crippen LogP contribution in [0.1, 0.15) is 22.0 Å². The molecule has 1 aromatic heterocycles. The maximum absolute atomic E-state index is 14.6. The van der Waals surface area contributed by atoms with Gasteiger partial charge in [-0.2, -0.15) is 9.40 Å². The van der Waals surface area contributed by atoms with Gasteiger partial charge in [-0.05, 0) is 23.8 Å². The van der Waals surface area contributed by atoms with Crippen LogP contribution in [0.5, 0.6) is 0 Å². The molecule has 3 aromatic rings. The highest BCUT2D eigenvalue weighted by Gasteiger charge is 2.28. The number of nitrogens with zero attached hydrogens (tertiary/aromatic N) is 4. The fraction of sp³-hybridized carbons (Fsp3) is 0.286. The largest absolute Gasteiger partial charge is 0.379 e. The van der Waals surface area contributed by atoms with Gasteiger partial charge in [-0.25, -0.2) is 17.8 Å². The van der Waals surface area contributed by atoms with Crippen molar-refractivity contribution in [1.82, 2.24) is 24.4 Å². The normalized spacial score (nSPS) is 15.9. The predicted octanol–water partition coefficient (Wildman–Crippen LogP) is 1.61. The lowest BCUT2D eigenvalue weighted by Gasteiger charge is -2.26. The number of morpholine rings is 1. The van der Waals surface area contributed by atoms with Gasteiger partial charge < -0.3 is 10.1 Å². The van der Waals surface area contributed by atoms with Crippen molar-refractivity contribution in [3.05, 3.63) is 78.1 Å². The van der Waals surface area contributed by atoms with Gasteiger partial charge in [-0.15, -0.1) is 0 Å². The number of aromatic nitrogens is 3. The number of rotatable bonds is 7. The maximum atomic E-state index is 14.6. The molecule has 0 radical (unpaired) electrons. The first-order chi connectivity index (χ1) is 15.4. The Hall–Kier alpha value is -3.15. The van der Waals surface area contributed by atoms with Gasteiger partial charge in [0.15, 0.2) is 0 Å². The smallest absolute Gasteiger partial charge is 0.254 e. The SMILES string of the molecule is O=C(NC(Cn1cncn1)c1ccccc1)c1cc(S(=O)(=O)N2CCOCC2)ccc1F. The lowest BCUT2D eigenvalue weighted by atomic mass is 10.1. The average Bonchev–Trinajstić information content (AvgIpc) is 3.33. The van der Waals surface area contributed by atoms with E-state index in [1.807, 2.05) is 30.3 Å². The van der Waals surface area contributed by atoms with E-state index in [9.17, 15) is 17.6 Å². The highest BCUT2D eigenvalue weighted by Crippen LogP contribution is 2.22. The summed E-state index contributed by atoms with van der Waals surface area (Å²) < 4.78 is 48.4. The third-order valence-corrected chi connectivity index (χ3v) is 7.03. The van der Waals surface area contributed by atoms with Gasteiger partial charge in [-0.3, -0.25) is 9.48 Å². The molecule has 0 spiro atoms. The Bertz CT molecular complexity index is 1170. The van der Waals surface area contributed by atoms with E-state index in [1.54, 1.807) is 4.68 Å². The first kappa shape index (κ1) is 22.1. The molecule has 2 heterocycles. The third kappa shape index (κ3) is 4.85. The van der Waals surface area contributed by atoms with E-state index in [1.165, 1.54) is 23.0 Å². The molecule has 9 nitrogen and oxygen atoms in total.